The number of aliphatic hydroxyl groups excluding tert-OH is 1. The van der Waals surface area contributed by atoms with Gasteiger partial charge in [0.1, 0.15) is 19.3 Å². The first kappa shape index (κ1) is 25.2. The van der Waals surface area contributed by atoms with Gasteiger partial charge in [-0.2, -0.15) is 0 Å². The first-order valence-corrected chi connectivity index (χ1v) is 14.1. The lowest BCUT2D eigenvalue weighted by atomic mass is 9.42. The number of ether oxygens (including phenoxy) is 2. The number of hydrogen-bond acceptors (Lipinski definition) is 7. The van der Waals surface area contributed by atoms with Gasteiger partial charge in [-0.15, -0.1) is 0 Å². The third kappa shape index (κ3) is 3.67. The largest absolute Gasteiger partial charge is 0.458 e. The number of nitrogens with one attached hydrogen (secondary N) is 1. The maximum Gasteiger partial charge on any atom is 0.410 e. The Morgan fingerprint density at radius 3 is 2.68 bits per heavy atom. The average Bonchev–Trinajstić information content (AvgIpc) is 3.41. The number of carbonyl (C=O) groups excluding carboxylic acids is 3. The van der Waals surface area contributed by atoms with E-state index in [0.717, 1.165) is 44.1 Å². The summed E-state index contributed by atoms with van der Waals surface area (Å²) in [6.07, 6.45) is 6.61. The van der Waals surface area contributed by atoms with E-state index in [2.05, 4.69) is 12.2 Å². The van der Waals surface area contributed by atoms with Gasteiger partial charge in [-0.1, -0.05) is 13.8 Å². The number of piperazine rings is 1. The molecule has 4 saturated carbocycles. The maximum absolute atomic E-state index is 12.7. The molecule has 204 valence electrons. The molecule has 9 heteroatoms. The minimum atomic E-state index is -0.987. The van der Waals surface area contributed by atoms with E-state index in [0.29, 0.717) is 31.8 Å². The lowest BCUT2D eigenvalue weighted by Crippen LogP contribution is -2.67. The van der Waals surface area contributed by atoms with Crippen LogP contribution in [0.25, 0.3) is 0 Å². The summed E-state index contributed by atoms with van der Waals surface area (Å²) < 4.78 is 11.1. The fourth-order valence-electron chi connectivity index (χ4n) is 9.47. The molecule has 2 aliphatic heterocycles. The van der Waals surface area contributed by atoms with Gasteiger partial charge in [0, 0.05) is 24.6 Å². The molecule has 0 spiro atoms. The molecule has 0 aromatic rings. The molecule has 3 N–H and O–H groups in total. The Morgan fingerprint density at radius 1 is 1.14 bits per heavy atom. The Labute approximate surface area is 217 Å². The van der Waals surface area contributed by atoms with Gasteiger partial charge in [0.25, 0.3) is 0 Å². The lowest BCUT2D eigenvalue weighted by Gasteiger charge is -2.65. The van der Waals surface area contributed by atoms with Crippen molar-refractivity contribution in [3.63, 3.8) is 0 Å². The van der Waals surface area contributed by atoms with E-state index in [-0.39, 0.29) is 54.3 Å². The first-order valence-electron chi connectivity index (χ1n) is 14.1. The zero-order valence-corrected chi connectivity index (χ0v) is 21.9. The molecule has 6 rings (SSSR count). The van der Waals surface area contributed by atoms with Crippen molar-refractivity contribution >= 4 is 18.0 Å². The van der Waals surface area contributed by atoms with Gasteiger partial charge >= 0.3 is 12.1 Å². The molecular weight excluding hydrogens is 476 g/mol. The fourth-order valence-corrected chi connectivity index (χ4v) is 9.47. The predicted molar refractivity (Wildman–Crippen MR) is 132 cm³/mol. The number of esters is 1. The molecule has 9 unspecified atom stereocenters. The predicted octanol–water partition coefficient (Wildman–Crippen LogP) is 2.15. The molecule has 9 atom stereocenters. The molecule has 1 saturated heterocycles. The van der Waals surface area contributed by atoms with E-state index in [1.807, 2.05) is 6.92 Å². The number of aliphatic hydroxyl groups is 2. The minimum Gasteiger partial charge on any atom is -0.458 e. The quantitative estimate of drug-likeness (QED) is 0.480. The summed E-state index contributed by atoms with van der Waals surface area (Å²) in [6.45, 7) is 5.57. The highest BCUT2D eigenvalue weighted by atomic mass is 16.6. The Balaban J connectivity index is 1.18. The van der Waals surface area contributed by atoms with E-state index in [9.17, 15) is 24.6 Å². The first-order chi connectivity index (χ1) is 17.6. The number of nitrogens with zero attached hydrogens (tertiary/aromatic N) is 1. The van der Waals surface area contributed by atoms with Gasteiger partial charge in [0.05, 0.1) is 11.7 Å². The number of rotatable bonds is 2. The van der Waals surface area contributed by atoms with Crippen molar-refractivity contribution in [1.29, 1.82) is 0 Å². The smallest absolute Gasteiger partial charge is 0.410 e. The second-order valence-electron chi connectivity index (χ2n) is 12.9. The monoisotopic (exact) mass is 516 g/mol. The maximum atomic E-state index is 12.7. The highest BCUT2D eigenvalue weighted by molar-refractivity contribution is 5.85. The third-order valence-corrected chi connectivity index (χ3v) is 11.6. The lowest BCUT2D eigenvalue weighted by molar-refractivity contribution is -0.245. The Bertz CT molecular complexity index is 1030. The molecule has 0 aromatic heterocycles. The number of fused-ring (bicyclic) bond motifs is 5. The van der Waals surface area contributed by atoms with Crippen LogP contribution >= 0.6 is 0 Å². The molecule has 0 radical (unpaired) electrons. The summed E-state index contributed by atoms with van der Waals surface area (Å²) >= 11 is 0. The van der Waals surface area contributed by atoms with Crippen LogP contribution in [0, 0.1) is 34.5 Å². The van der Waals surface area contributed by atoms with Crippen LogP contribution in [-0.4, -0.2) is 77.1 Å². The van der Waals surface area contributed by atoms with Gasteiger partial charge in [-0.05, 0) is 86.0 Å². The van der Waals surface area contributed by atoms with Gasteiger partial charge < -0.3 is 25.0 Å². The van der Waals surface area contributed by atoms with Crippen molar-refractivity contribution in [2.45, 2.75) is 83.0 Å². The van der Waals surface area contributed by atoms with Crippen molar-refractivity contribution in [1.82, 2.24) is 10.2 Å². The standard InChI is InChI=1S/C28H40N2O7/c1-26-7-5-18(37-25(34)30-10-9-29-23(32)14-30)12-17(26)3-4-20-21(26)13-22(31)27(2)19(6-8-28(20,27)35)16-11-24(33)36-15-16/h11,17-22,31,35H,3-10,12-15H2,1-2H3,(H,29,32). The number of hydrogen-bond donors (Lipinski definition) is 3. The topological polar surface area (TPSA) is 125 Å². The molecule has 2 amide bonds. The van der Waals surface area contributed by atoms with E-state index in [1.165, 1.54) is 4.90 Å². The summed E-state index contributed by atoms with van der Waals surface area (Å²) in [5, 5.41) is 26.7. The van der Waals surface area contributed by atoms with Crippen LogP contribution in [0.5, 0.6) is 0 Å². The highest BCUT2D eigenvalue weighted by Crippen LogP contribution is 2.70. The molecule has 5 fully saturated rings. The van der Waals surface area contributed by atoms with Crippen LogP contribution in [0.3, 0.4) is 0 Å². The van der Waals surface area contributed by atoms with E-state index in [4.69, 9.17) is 9.47 Å². The second-order valence-corrected chi connectivity index (χ2v) is 12.9. The highest BCUT2D eigenvalue weighted by Gasteiger charge is 2.70. The molecule has 0 bridgehead atoms. The summed E-state index contributed by atoms with van der Waals surface area (Å²) in [4.78, 5) is 37.6. The zero-order chi connectivity index (χ0) is 26.2. The summed E-state index contributed by atoms with van der Waals surface area (Å²) in [6, 6.07) is 0. The van der Waals surface area contributed by atoms with E-state index >= 15 is 0 Å². The van der Waals surface area contributed by atoms with Gasteiger partial charge in [-0.25, -0.2) is 9.59 Å². The van der Waals surface area contributed by atoms with Crippen LogP contribution in [-0.2, 0) is 19.1 Å². The van der Waals surface area contributed by atoms with Crippen LogP contribution in [0.4, 0.5) is 4.79 Å². The molecule has 9 nitrogen and oxygen atoms in total. The third-order valence-electron chi connectivity index (χ3n) is 11.6. The molecule has 37 heavy (non-hydrogen) atoms. The van der Waals surface area contributed by atoms with Crippen molar-refractivity contribution in [3.8, 4) is 0 Å². The van der Waals surface area contributed by atoms with E-state index < -0.39 is 23.2 Å². The minimum absolute atomic E-state index is 0.0430. The summed E-state index contributed by atoms with van der Waals surface area (Å²) in [5.74, 6) is 0.0956. The zero-order valence-electron chi connectivity index (χ0n) is 21.9. The van der Waals surface area contributed by atoms with Crippen molar-refractivity contribution in [3.05, 3.63) is 11.6 Å². The van der Waals surface area contributed by atoms with Crippen molar-refractivity contribution in [2.75, 3.05) is 26.2 Å². The van der Waals surface area contributed by atoms with Crippen molar-refractivity contribution < 1.29 is 34.1 Å². The summed E-state index contributed by atoms with van der Waals surface area (Å²) in [5.41, 5.74) is -0.823. The molecular formula is C28H40N2O7. The summed E-state index contributed by atoms with van der Waals surface area (Å²) in [7, 11) is 0. The van der Waals surface area contributed by atoms with Crippen molar-refractivity contribution in [2.24, 2.45) is 34.5 Å². The van der Waals surface area contributed by atoms with E-state index in [1.54, 1.807) is 6.08 Å². The molecule has 6 aliphatic rings. The SMILES string of the molecule is CC12CCC(OC(=O)N3CCNC(=O)C3)CC1CCC1C2CC(O)C2(C)C(C3=CC(=O)OC3)CCC12O. The molecule has 4 aliphatic carbocycles. The Morgan fingerprint density at radius 2 is 1.95 bits per heavy atom. The van der Waals surface area contributed by atoms with Gasteiger partial charge in [0.15, 0.2) is 0 Å². The average molecular weight is 517 g/mol. The van der Waals surface area contributed by atoms with Crippen LogP contribution in [0.1, 0.15) is 65.2 Å². The fraction of sp³-hybridized carbons (Fsp3) is 0.821. The van der Waals surface area contributed by atoms with Gasteiger partial charge in [0.2, 0.25) is 5.91 Å². The molecule has 0 aromatic carbocycles. The Hall–Kier alpha value is -2.13. The normalized spacial score (nSPS) is 47.2. The van der Waals surface area contributed by atoms with Crippen LogP contribution in [0.2, 0.25) is 0 Å². The number of carbonyl (C=O) groups is 3. The molecule has 2 heterocycles. The van der Waals surface area contributed by atoms with Crippen LogP contribution in [0.15, 0.2) is 11.6 Å². The number of amides is 2. The van der Waals surface area contributed by atoms with Gasteiger partial charge in [-0.3, -0.25) is 9.69 Å². The van der Waals surface area contributed by atoms with Crippen LogP contribution < -0.4 is 5.32 Å². The number of cyclic esters (lactones) is 1. The Kier molecular flexibility index (Phi) is 5.91. The second kappa shape index (κ2) is 8.70.